The molecule has 52 valence electrons. The van der Waals surface area contributed by atoms with Crippen LogP contribution in [0.5, 0.6) is 0 Å². The van der Waals surface area contributed by atoms with Gasteiger partial charge in [0, 0.05) is 10.8 Å². The number of pyridine rings is 1. The molecule has 1 heterocycles. The van der Waals surface area contributed by atoms with Crippen LogP contribution in [0.2, 0.25) is 0 Å². The molecule has 0 atom stereocenters. The highest BCUT2D eigenvalue weighted by atomic mass is 16.5. The van der Waals surface area contributed by atoms with Crippen LogP contribution in [0.1, 0.15) is 10.4 Å². The summed E-state index contributed by atoms with van der Waals surface area (Å²) in [5.41, 5.74) is 5.20. The summed E-state index contributed by atoms with van der Waals surface area (Å²) in [6, 6.07) is 3.05. The van der Waals surface area contributed by atoms with Crippen LogP contribution >= 0.6 is 0 Å². The third kappa shape index (κ3) is 1.22. The highest BCUT2D eigenvalue weighted by molar-refractivity contribution is 5.92. The molecule has 1 amide bonds. The van der Waals surface area contributed by atoms with E-state index in [1.54, 1.807) is 0 Å². The van der Waals surface area contributed by atoms with Gasteiger partial charge in [-0.15, -0.1) is 0 Å². The predicted molar refractivity (Wildman–Crippen MR) is 32.3 cm³/mol. The van der Waals surface area contributed by atoms with Gasteiger partial charge in [0.15, 0.2) is 0 Å². The molecule has 0 spiro atoms. The van der Waals surface area contributed by atoms with Crippen molar-refractivity contribution >= 4 is 5.91 Å². The Bertz CT molecular complexity index is 260. The van der Waals surface area contributed by atoms with Crippen molar-refractivity contribution in [1.29, 1.82) is 0 Å². The quantitative estimate of drug-likeness (QED) is 0.399. The molecule has 0 aromatic carbocycles. The number of rotatable bonds is 1. The molecule has 10 heavy (non-hydrogen) atoms. The molecule has 4 heteroatoms. The fourth-order valence-electron chi connectivity index (χ4n) is 0.609. The number of aromatic nitrogens is 1. The van der Waals surface area contributed by atoms with Crippen molar-refractivity contribution in [3.05, 3.63) is 30.1 Å². The second-order valence-electron chi connectivity index (χ2n) is 1.84. The van der Waals surface area contributed by atoms with E-state index in [1.165, 1.54) is 24.5 Å². The Balaban J connectivity index is 3.07. The lowest BCUT2D eigenvalue weighted by atomic mass is 10.3. The van der Waals surface area contributed by atoms with E-state index in [-0.39, 0.29) is 5.56 Å². The van der Waals surface area contributed by atoms with Crippen molar-refractivity contribution in [2.24, 2.45) is 5.73 Å². The van der Waals surface area contributed by atoms with Crippen molar-refractivity contribution in [3.63, 3.8) is 0 Å². The Labute approximate surface area is 57.5 Å². The summed E-state index contributed by atoms with van der Waals surface area (Å²) >= 11 is 0. The van der Waals surface area contributed by atoms with Crippen LogP contribution in [0, 0.1) is 0 Å². The first kappa shape index (κ1) is 6.54. The van der Waals surface area contributed by atoms with Gasteiger partial charge in [-0.25, -0.2) is 0 Å². The van der Waals surface area contributed by atoms with Gasteiger partial charge in [-0.3, -0.25) is 10.0 Å². The number of amides is 1. The van der Waals surface area contributed by atoms with E-state index in [1.807, 2.05) is 0 Å². The lowest BCUT2D eigenvalue weighted by molar-refractivity contribution is -0.904. The van der Waals surface area contributed by atoms with Crippen LogP contribution in [-0.4, -0.2) is 11.1 Å². The summed E-state index contributed by atoms with van der Waals surface area (Å²) in [7, 11) is 0. The molecule has 0 aliphatic rings. The summed E-state index contributed by atoms with van der Waals surface area (Å²) < 4.78 is 0.778. The zero-order chi connectivity index (χ0) is 7.56. The van der Waals surface area contributed by atoms with E-state index in [2.05, 4.69) is 0 Å². The van der Waals surface area contributed by atoms with E-state index < -0.39 is 5.91 Å². The van der Waals surface area contributed by atoms with Gasteiger partial charge in [0.05, 0.1) is 0 Å². The minimum Gasteiger partial charge on any atom is -0.365 e. The minimum atomic E-state index is -0.552. The van der Waals surface area contributed by atoms with Gasteiger partial charge < -0.3 is 5.73 Å². The minimum absolute atomic E-state index is 0.282. The molecule has 0 aliphatic carbocycles. The monoisotopic (exact) mass is 139 g/mol. The lowest BCUT2D eigenvalue weighted by Gasteiger charge is -1.87. The van der Waals surface area contributed by atoms with E-state index in [9.17, 15) is 4.79 Å². The molecule has 4 nitrogen and oxygen atoms in total. The molecular weight excluding hydrogens is 132 g/mol. The van der Waals surface area contributed by atoms with Crippen molar-refractivity contribution < 1.29 is 14.7 Å². The third-order valence-electron chi connectivity index (χ3n) is 1.07. The average Bonchev–Trinajstić information content (AvgIpc) is 1.88. The molecule has 0 saturated heterocycles. The van der Waals surface area contributed by atoms with Gasteiger partial charge in [-0.05, 0) is 6.07 Å². The molecule has 1 rings (SSSR count). The molecule has 1 aromatic rings. The first-order valence-corrected chi connectivity index (χ1v) is 2.70. The molecule has 0 saturated carbocycles. The number of primary amides is 1. The van der Waals surface area contributed by atoms with E-state index in [0.717, 1.165) is 4.73 Å². The van der Waals surface area contributed by atoms with Crippen molar-refractivity contribution in [2.45, 2.75) is 0 Å². The van der Waals surface area contributed by atoms with Crippen molar-refractivity contribution in [3.8, 4) is 0 Å². The molecule has 0 radical (unpaired) electrons. The van der Waals surface area contributed by atoms with Crippen LogP contribution < -0.4 is 10.5 Å². The average molecular weight is 139 g/mol. The van der Waals surface area contributed by atoms with Crippen LogP contribution in [0.4, 0.5) is 0 Å². The Kier molecular flexibility index (Phi) is 1.53. The zero-order valence-corrected chi connectivity index (χ0v) is 5.19. The van der Waals surface area contributed by atoms with Crippen LogP contribution in [-0.2, 0) is 0 Å². The highest BCUT2D eigenvalue weighted by Gasteiger charge is 2.04. The fraction of sp³-hybridized carbons (Fsp3) is 0. The Morgan fingerprint density at radius 3 is 2.80 bits per heavy atom. The summed E-state index contributed by atoms with van der Waals surface area (Å²) in [4.78, 5) is 10.5. The van der Waals surface area contributed by atoms with Crippen LogP contribution in [0.25, 0.3) is 0 Å². The van der Waals surface area contributed by atoms with Crippen LogP contribution in [0.15, 0.2) is 24.5 Å². The van der Waals surface area contributed by atoms with Gasteiger partial charge in [0.2, 0.25) is 12.4 Å². The standard InChI is InChI=1S/C6H6N2O2/c7-6(9)5-2-1-3-8(10)4-5/h1-4H,(H2-,7,9,10)/p+1. The topological polar surface area (TPSA) is 67.2 Å². The summed E-state index contributed by atoms with van der Waals surface area (Å²) in [6.45, 7) is 0. The Morgan fingerprint density at radius 2 is 2.40 bits per heavy atom. The number of carbonyl (C=O) groups excluding carboxylic acids is 1. The summed E-state index contributed by atoms with van der Waals surface area (Å²) in [6.07, 6.45) is 2.63. The number of carbonyl (C=O) groups is 1. The Hall–Kier alpha value is -1.58. The van der Waals surface area contributed by atoms with Gasteiger partial charge >= 0.3 is 0 Å². The Morgan fingerprint density at radius 1 is 1.70 bits per heavy atom. The normalized spacial score (nSPS) is 9.20. The second-order valence-corrected chi connectivity index (χ2v) is 1.84. The molecule has 0 bridgehead atoms. The number of hydrogen-bond donors (Lipinski definition) is 2. The maximum absolute atomic E-state index is 10.5. The largest absolute Gasteiger partial charge is 0.365 e. The van der Waals surface area contributed by atoms with Crippen molar-refractivity contribution in [1.82, 2.24) is 0 Å². The summed E-state index contributed by atoms with van der Waals surface area (Å²) in [5.74, 6) is -0.552. The van der Waals surface area contributed by atoms with Gasteiger partial charge in [-0.1, -0.05) is 0 Å². The molecule has 1 aromatic heterocycles. The third-order valence-corrected chi connectivity index (χ3v) is 1.07. The highest BCUT2D eigenvalue weighted by Crippen LogP contribution is 1.89. The number of nitrogens with zero attached hydrogens (tertiary/aromatic N) is 1. The number of nitrogens with two attached hydrogens (primary N) is 1. The first-order chi connectivity index (χ1) is 4.70. The maximum Gasteiger partial charge on any atom is 0.254 e. The summed E-state index contributed by atoms with van der Waals surface area (Å²) in [5, 5.41) is 8.77. The van der Waals surface area contributed by atoms with E-state index in [0.29, 0.717) is 0 Å². The van der Waals surface area contributed by atoms with E-state index in [4.69, 9.17) is 10.9 Å². The lowest BCUT2D eigenvalue weighted by Crippen LogP contribution is -2.30. The molecule has 0 fully saturated rings. The smallest absolute Gasteiger partial charge is 0.254 e. The van der Waals surface area contributed by atoms with Gasteiger partial charge in [0.1, 0.15) is 5.56 Å². The molecule has 0 unspecified atom stereocenters. The van der Waals surface area contributed by atoms with Gasteiger partial charge in [0.25, 0.3) is 5.91 Å². The first-order valence-electron chi connectivity index (χ1n) is 2.70. The molecule has 3 N–H and O–H groups in total. The van der Waals surface area contributed by atoms with Gasteiger partial charge in [-0.2, -0.15) is 0 Å². The second kappa shape index (κ2) is 2.34. The maximum atomic E-state index is 10.5. The van der Waals surface area contributed by atoms with E-state index >= 15 is 0 Å². The zero-order valence-electron chi connectivity index (χ0n) is 5.19. The fourth-order valence-corrected chi connectivity index (χ4v) is 0.609. The predicted octanol–water partition coefficient (Wildman–Crippen LogP) is -0.690. The molecular formula is C6H7N2O2+. The number of hydrogen-bond acceptors (Lipinski definition) is 2. The van der Waals surface area contributed by atoms with Crippen molar-refractivity contribution in [2.75, 3.05) is 0 Å². The van der Waals surface area contributed by atoms with Crippen LogP contribution in [0.3, 0.4) is 0 Å². The SMILES string of the molecule is NC(=O)c1ccc[n+](O)c1. The molecule has 0 aliphatic heterocycles.